The molecule has 0 saturated carbocycles. The number of pyridine rings is 1. The number of hydrogen-bond donors (Lipinski definition) is 2. The molecule has 0 atom stereocenters. The first kappa shape index (κ1) is 16.5. The van der Waals surface area contributed by atoms with Gasteiger partial charge >= 0.3 is 6.36 Å². The molecule has 20 heavy (non-hydrogen) atoms. The van der Waals surface area contributed by atoms with E-state index in [-0.39, 0.29) is 6.07 Å². The summed E-state index contributed by atoms with van der Waals surface area (Å²) in [6, 6.07) is 0.260. The highest BCUT2D eigenvalue weighted by atomic mass is 32.2. The molecule has 0 radical (unpaired) electrons. The van der Waals surface area contributed by atoms with Gasteiger partial charge in [-0.25, -0.2) is 27.3 Å². The van der Waals surface area contributed by atoms with Crippen molar-refractivity contribution < 1.29 is 35.1 Å². The lowest BCUT2D eigenvalue weighted by molar-refractivity contribution is -0.276. The molecule has 6 nitrogen and oxygen atoms in total. The number of sulfonamides is 1. The average Bonchev–Trinajstić information content (AvgIpc) is 2.24. The van der Waals surface area contributed by atoms with E-state index in [0.29, 0.717) is 0 Å². The number of alkyl halides is 5. The molecular weight excluding hydrogens is 313 g/mol. The molecule has 0 amide bonds. The van der Waals surface area contributed by atoms with Gasteiger partial charge in [0.05, 0.1) is 11.3 Å². The normalized spacial score (nSPS) is 12.8. The van der Waals surface area contributed by atoms with Gasteiger partial charge < -0.3 is 10.5 Å². The van der Waals surface area contributed by atoms with Crippen molar-refractivity contribution in [1.82, 2.24) is 4.98 Å². The molecule has 1 rings (SSSR count). The van der Waals surface area contributed by atoms with Crippen molar-refractivity contribution in [2.75, 3.05) is 0 Å². The monoisotopic (exact) mass is 321 g/mol. The molecule has 0 spiro atoms. The van der Waals surface area contributed by atoms with Gasteiger partial charge in [0.25, 0.3) is 6.43 Å². The fourth-order valence-corrected chi connectivity index (χ4v) is 2.02. The van der Waals surface area contributed by atoms with Crippen molar-refractivity contribution in [1.29, 1.82) is 0 Å². The van der Waals surface area contributed by atoms with E-state index in [1.165, 1.54) is 0 Å². The van der Waals surface area contributed by atoms with Gasteiger partial charge in [-0.15, -0.1) is 13.2 Å². The van der Waals surface area contributed by atoms with Crippen molar-refractivity contribution >= 4 is 10.0 Å². The molecule has 1 aromatic heterocycles. The molecule has 1 aromatic rings. The molecule has 0 aliphatic carbocycles. The Bertz CT molecular complexity index is 602. The number of nitrogens with two attached hydrogens (primary N) is 2. The van der Waals surface area contributed by atoms with E-state index in [9.17, 15) is 30.4 Å². The maximum absolute atomic E-state index is 12.7. The summed E-state index contributed by atoms with van der Waals surface area (Å²) in [6.45, 7) is -0.635. The zero-order chi connectivity index (χ0) is 15.7. The molecule has 0 aliphatic heterocycles. The maximum atomic E-state index is 12.7. The van der Waals surface area contributed by atoms with Crippen molar-refractivity contribution in [2.45, 2.75) is 24.2 Å². The number of rotatable bonds is 4. The quantitative estimate of drug-likeness (QED) is 0.805. The van der Waals surface area contributed by atoms with E-state index in [4.69, 9.17) is 10.9 Å². The van der Waals surface area contributed by atoms with E-state index in [1.807, 2.05) is 0 Å². The second-order valence-corrected chi connectivity index (χ2v) is 4.96. The number of halogens is 5. The molecule has 0 aromatic carbocycles. The summed E-state index contributed by atoms with van der Waals surface area (Å²) in [4.78, 5) is 2.17. The van der Waals surface area contributed by atoms with E-state index >= 15 is 0 Å². The van der Waals surface area contributed by atoms with Crippen molar-refractivity contribution in [3.8, 4) is 5.88 Å². The Hall–Kier alpha value is -1.53. The zero-order valence-corrected chi connectivity index (χ0v) is 10.3. The number of primary sulfonamides is 1. The van der Waals surface area contributed by atoms with Crippen LogP contribution in [-0.2, 0) is 16.6 Å². The van der Waals surface area contributed by atoms with Crippen LogP contribution in [0, 0.1) is 0 Å². The third-order valence-electron chi connectivity index (χ3n) is 2.00. The van der Waals surface area contributed by atoms with E-state index in [1.54, 1.807) is 0 Å². The maximum Gasteiger partial charge on any atom is 0.574 e. The van der Waals surface area contributed by atoms with Gasteiger partial charge in [-0.3, -0.25) is 0 Å². The molecule has 4 N–H and O–H groups in total. The Morgan fingerprint density at radius 1 is 1.35 bits per heavy atom. The van der Waals surface area contributed by atoms with Crippen LogP contribution >= 0.6 is 0 Å². The van der Waals surface area contributed by atoms with Crippen LogP contribution < -0.4 is 15.6 Å². The third-order valence-corrected chi connectivity index (χ3v) is 2.97. The largest absolute Gasteiger partial charge is 0.574 e. The van der Waals surface area contributed by atoms with Crippen LogP contribution in [0.4, 0.5) is 22.0 Å². The number of hydrogen-bond acceptors (Lipinski definition) is 5. The standard InChI is InChI=1S/C8H8F5N3O3S/c9-6(10)3-1-5(20(15,17)18)4(2-14)16-7(3)19-8(11,12)13/h1,6H,2,14H2,(H2,15,17,18). The molecule has 12 heteroatoms. The lowest BCUT2D eigenvalue weighted by Crippen LogP contribution is -2.22. The molecular formula is C8H8F5N3O3S. The molecule has 0 saturated heterocycles. The average molecular weight is 321 g/mol. The van der Waals surface area contributed by atoms with Gasteiger partial charge in [-0.1, -0.05) is 0 Å². The molecule has 0 aliphatic rings. The van der Waals surface area contributed by atoms with Crippen LogP contribution in [0.25, 0.3) is 0 Å². The van der Waals surface area contributed by atoms with Gasteiger partial charge in [-0.2, -0.15) is 0 Å². The summed E-state index contributed by atoms with van der Waals surface area (Å²) in [5.41, 5.74) is 3.13. The second-order valence-electron chi connectivity index (χ2n) is 3.43. The smallest absolute Gasteiger partial charge is 0.387 e. The first-order chi connectivity index (χ1) is 8.95. The van der Waals surface area contributed by atoms with Gasteiger partial charge in [0.2, 0.25) is 15.9 Å². The summed E-state index contributed by atoms with van der Waals surface area (Å²) >= 11 is 0. The Kier molecular flexibility index (Phi) is 4.51. The van der Waals surface area contributed by atoms with Gasteiger partial charge in [-0.05, 0) is 6.07 Å². The number of nitrogens with zero attached hydrogens (tertiary/aromatic N) is 1. The van der Waals surface area contributed by atoms with Crippen molar-refractivity contribution in [3.05, 3.63) is 17.3 Å². The topological polar surface area (TPSA) is 108 Å². The Labute approximate surface area is 109 Å². The number of ether oxygens (including phenoxy) is 1. The SMILES string of the molecule is NCc1nc(OC(F)(F)F)c(C(F)F)cc1S(N)(=O)=O. The third kappa shape index (κ3) is 3.98. The lowest BCUT2D eigenvalue weighted by atomic mass is 10.2. The highest BCUT2D eigenvalue weighted by molar-refractivity contribution is 7.89. The van der Waals surface area contributed by atoms with Gasteiger partial charge in [0, 0.05) is 6.54 Å². The van der Waals surface area contributed by atoms with Crippen molar-refractivity contribution in [2.24, 2.45) is 10.9 Å². The predicted octanol–water partition coefficient (Wildman–Crippen LogP) is 1.02. The van der Waals surface area contributed by atoms with Gasteiger partial charge in [0.1, 0.15) is 4.90 Å². The fourth-order valence-electron chi connectivity index (χ4n) is 1.27. The Balaban J connectivity index is 3.54. The van der Waals surface area contributed by atoms with E-state index in [0.717, 1.165) is 0 Å². The van der Waals surface area contributed by atoms with Crippen LogP contribution in [0.1, 0.15) is 17.7 Å². The highest BCUT2D eigenvalue weighted by Gasteiger charge is 2.35. The van der Waals surface area contributed by atoms with E-state index < -0.39 is 51.4 Å². The van der Waals surface area contributed by atoms with Crippen LogP contribution in [0.3, 0.4) is 0 Å². The first-order valence-corrected chi connectivity index (χ1v) is 6.31. The minimum absolute atomic E-state index is 0.260. The van der Waals surface area contributed by atoms with Gasteiger partial charge in [0.15, 0.2) is 0 Å². The Morgan fingerprint density at radius 2 is 1.90 bits per heavy atom. The summed E-state index contributed by atoms with van der Waals surface area (Å²) < 4.78 is 87.2. The summed E-state index contributed by atoms with van der Waals surface area (Å²) in [7, 11) is -4.47. The molecule has 0 fully saturated rings. The van der Waals surface area contributed by atoms with Crippen LogP contribution in [-0.4, -0.2) is 19.8 Å². The summed E-state index contributed by atoms with van der Waals surface area (Å²) in [5, 5.41) is 4.75. The second kappa shape index (κ2) is 5.46. The lowest BCUT2D eigenvalue weighted by Gasteiger charge is -2.15. The predicted molar refractivity (Wildman–Crippen MR) is 55.1 cm³/mol. The molecule has 0 bridgehead atoms. The highest BCUT2D eigenvalue weighted by Crippen LogP contribution is 2.33. The first-order valence-electron chi connectivity index (χ1n) is 4.76. The molecule has 0 unspecified atom stereocenters. The van der Waals surface area contributed by atoms with Crippen LogP contribution in [0.5, 0.6) is 5.88 Å². The fraction of sp³-hybridized carbons (Fsp3) is 0.375. The summed E-state index contributed by atoms with van der Waals surface area (Å²) in [5.74, 6) is -1.47. The van der Waals surface area contributed by atoms with Crippen molar-refractivity contribution in [3.63, 3.8) is 0 Å². The number of aromatic nitrogens is 1. The van der Waals surface area contributed by atoms with E-state index in [2.05, 4.69) is 9.72 Å². The van der Waals surface area contributed by atoms with Crippen LogP contribution in [0.15, 0.2) is 11.0 Å². The minimum atomic E-state index is -5.27. The minimum Gasteiger partial charge on any atom is -0.387 e. The zero-order valence-electron chi connectivity index (χ0n) is 9.49. The Morgan fingerprint density at radius 3 is 2.25 bits per heavy atom. The molecule has 1 heterocycles. The molecule has 114 valence electrons. The summed E-state index contributed by atoms with van der Waals surface area (Å²) in [6.07, 6.45) is -8.72. The van der Waals surface area contributed by atoms with Crippen LogP contribution in [0.2, 0.25) is 0 Å².